The Bertz CT molecular complexity index is 490. The molecule has 1 unspecified atom stereocenters. The number of unbranched alkanes of at least 4 members (excludes halogenated alkanes) is 17. The maximum Gasteiger partial charge on any atom is 0.328 e. The first-order valence-electron chi connectivity index (χ1n) is 13.8. The molecular weight excluding hydrogens is 414 g/mol. The lowest BCUT2D eigenvalue weighted by Crippen LogP contribution is -2.47. The van der Waals surface area contributed by atoms with Crippen molar-refractivity contribution < 1.29 is 19.8 Å². The molecular formula is C28H53NO4. The molecule has 5 nitrogen and oxygen atoms in total. The van der Waals surface area contributed by atoms with Crippen LogP contribution in [-0.4, -0.2) is 34.2 Å². The molecule has 0 aliphatic carbocycles. The molecule has 33 heavy (non-hydrogen) atoms. The third-order valence-corrected chi connectivity index (χ3v) is 6.23. The maximum absolute atomic E-state index is 11.8. The largest absolute Gasteiger partial charge is 0.480 e. The number of nitrogens with one attached hydrogen (secondary N) is 1. The lowest BCUT2D eigenvalue weighted by molar-refractivity contribution is -0.144. The molecule has 0 aliphatic rings. The number of carboxylic acids is 1. The number of hydrogen-bond donors (Lipinski definition) is 3. The van der Waals surface area contributed by atoms with E-state index >= 15 is 0 Å². The van der Waals surface area contributed by atoms with Crippen LogP contribution in [0.25, 0.3) is 0 Å². The first kappa shape index (κ1) is 31.6. The van der Waals surface area contributed by atoms with Crippen LogP contribution in [-0.2, 0) is 9.59 Å². The summed E-state index contributed by atoms with van der Waals surface area (Å²) in [6.07, 6.45) is 28.1. The van der Waals surface area contributed by atoms with E-state index in [2.05, 4.69) is 24.4 Å². The Morgan fingerprint density at radius 1 is 0.697 bits per heavy atom. The number of carbonyl (C=O) groups excluding carboxylic acids is 1. The minimum absolute atomic E-state index is 0.295. The zero-order valence-electron chi connectivity index (χ0n) is 21.7. The van der Waals surface area contributed by atoms with Gasteiger partial charge in [0.1, 0.15) is 0 Å². The van der Waals surface area contributed by atoms with E-state index in [1.165, 1.54) is 110 Å². The molecule has 3 N–H and O–H groups in total. The van der Waals surface area contributed by atoms with Crippen molar-refractivity contribution in [1.29, 1.82) is 0 Å². The normalized spacial score (nSPS) is 13.3. The molecule has 194 valence electrons. The standard InChI is InChI=1S/C28H53NO4/c1-3-4-5-6-7-8-9-10-11-12-13-14-15-16-17-18-19-20-21-22-23-24-26(31)29-27(25(2)30)28(32)33/h10-11,25,27,30H,3-9,12-24H2,1-2H3,(H,29,31)(H,32,33)/b11-10-/t25?,27-/m0/s1. The molecule has 0 rings (SSSR count). The first-order chi connectivity index (χ1) is 16.0. The molecule has 0 aromatic heterocycles. The van der Waals surface area contributed by atoms with Gasteiger partial charge < -0.3 is 15.5 Å². The van der Waals surface area contributed by atoms with Crippen molar-refractivity contribution in [3.63, 3.8) is 0 Å². The number of hydrogen-bond acceptors (Lipinski definition) is 3. The fourth-order valence-electron chi connectivity index (χ4n) is 4.05. The van der Waals surface area contributed by atoms with Gasteiger partial charge in [-0.15, -0.1) is 0 Å². The summed E-state index contributed by atoms with van der Waals surface area (Å²) in [5.41, 5.74) is 0. The first-order valence-corrected chi connectivity index (χ1v) is 13.8. The third-order valence-electron chi connectivity index (χ3n) is 6.23. The van der Waals surface area contributed by atoms with Gasteiger partial charge in [0, 0.05) is 6.42 Å². The molecule has 0 fully saturated rings. The summed E-state index contributed by atoms with van der Waals surface area (Å²) in [5.74, 6) is -1.49. The van der Waals surface area contributed by atoms with Crippen molar-refractivity contribution in [2.45, 2.75) is 154 Å². The van der Waals surface area contributed by atoms with Crippen LogP contribution in [0, 0.1) is 0 Å². The Labute approximate surface area is 203 Å². The van der Waals surface area contributed by atoms with Crippen molar-refractivity contribution >= 4 is 11.9 Å². The number of carboxylic acid groups (broad SMARTS) is 1. The van der Waals surface area contributed by atoms with Crippen molar-refractivity contribution in [3.05, 3.63) is 12.2 Å². The molecule has 0 aromatic carbocycles. The van der Waals surface area contributed by atoms with Gasteiger partial charge in [-0.1, -0.05) is 109 Å². The summed E-state index contributed by atoms with van der Waals surface area (Å²) < 4.78 is 0. The second-order valence-corrected chi connectivity index (χ2v) is 9.58. The smallest absolute Gasteiger partial charge is 0.328 e. The Balaban J connectivity index is 3.32. The number of aliphatic hydroxyl groups is 1. The molecule has 0 aromatic rings. The summed E-state index contributed by atoms with van der Waals surface area (Å²) in [5, 5.41) is 20.7. The van der Waals surface area contributed by atoms with E-state index in [0.717, 1.165) is 19.3 Å². The van der Waals surface area contributed by atoms with E-state index in [0.29, 0.717) is 6.42 Å². The zero-order valence-corrected chi connectivity index (χ0v) is 21.7. The van der Waals surface area contributed by atoms with Crippen LogP contribution in [0.3, 0.4) is 0 Å². The third kappa shape index (κ3) is 22.2. The lowest BCUT2D eigenvalue weighted by atomic mass is 10.0. The maximum atomic E-state index is 11.8. The topological polar surface area (TPSA) is 86.6 Å². The fourth-order valence-corrected chi connectivity index (χ4v) is 4.05. The highest BCUT2D eigenvalue weighted by atomic mass is 16.4. The number of allylic oxidation sites excluding steroid dienone is 2. The predicted molar refractivity (Wildman–Crippen MR) is 138 cm³/mol. The summed E-state index contributed by atoms with van der Waals surface area (Å²) in [6.45, 7) is 3.64. The fraction of sp³-hybridized carbons (Fsp3) is 0.857. The highest BCUT2D eigenvalue weighted by Gasteiger charge is 2.24. The Morgan fingerprint density at radius 2 is 1.09 bits per heavy atom. The van der Waals surface area contributed by atoms with Gasteiger partial charge in [0.2, 0.25) is 5.91 Å². The van der Waals surface area contributed by atoms with E-state index in [9.17, 15) is 14.7 Å². The molecule has 2 atom stereocenters. The van der Waals surface area contributed by atoms with Crippen molar-refractivity contribution in [3.8, 4) is 0 Å². The average Bonchev–Trinajstić information content (AvgIpc) is 2.78. The molecule has 0 saturated heterocycles. The molecule has 0 spiro atoms. The van der Waals surface area contributed by atoms with Crippen LogP contribution in [0.5, 0.6) is 0 Å². The van der Waals surface area contributed by atoms with E-state index in [1.54, 1.807) is 0 Å². The van der Waals surface area contributed by atoms with Crippen molar-refractivity contribution in [1.82, 2.24) is 5.32 Å². The Kier molecular flexibility index (Phi) is 22.8. The van der Waals surface area contributed by atoms with Crippen LogP contribution < -0.4 is 5.32 Å². The second-order valence-electron chi connectivity index (χ2n) is 9.58. The molecule has 5 heteroatoms. The van der Waals surface area contributed by atoms with E-state index < -0.39 is 18.1 Å². The van der Waals surface area contributed by atoms with Crippen LogP contribution in [0.2, 0.25) is 0 Å². The molecule has 0 heterocycles. The summed E-state index contributed by atoms with van der Waals surface area (Å²) >= 11 is 0. The molecule has 0 aliphatic heterocycles. The van der Waals surface area contributed by atoms with Gasteiger partial charge in [-0.25, -0.2) is 4.79 Å². The number of carbonyl (C=O) groups is 2. The van der Waals surface area contributed by atoms with Gasteiger partial charge in [0.05, 0.1) is 6.10 Å². The highest BCUT2D eigenvalue weighted by molar-refractivity contribution is 5.83. The monoisotopic (exact) mass is 467 g/mol. The predicted octanol–water partition coefficient (Wildman–Crippen LogP) is 7.31. The Hall–Kier alpha value is -1.36. The SMILES string of the molecule is CCCCCCCC/C=C\CCCCCCCCCCCCCC(=O)N[C@H](C(=O)O)C(C)O. The van der Waals surface area contributed by atoms with Crippen LogP contribution in [0.4, 0.5) is 0 Å². The second kappa shape index (κ2) is 23.8. The molecule has 1 amide bonds. The number of rotatable bonds is 24. The minimum Gasteiger partial charge on any atom is -0.480 e. The average molecular weight is 468 g/mol. The van der Waals surface area contributed by atoms with Crippen molar-refractivity contribution in [2.24, 2.45) is 0 Å². The molecule has 0 saturated carbocycles. The van der Waals surface area contributed by atoms with Gasteiger partial charge in [-0.3, -0.25) is 4.79 Å². The van der Waals surface area contributed by atoms with E-state index in [1.807, 2.05) is 0 Å². The molecule has 0 bridgehead atoms. The number of aliphatic hydroxyl groups excluding tert-OH is 1. The van der Waals surface area contributed by atoms with Gasteiger partial charge in [-0.05, 0) is 39.0 Å². The summed E-state index contributed by atoms with van der Waals surface area (Å²) in [4.78, 5) is 22.7. The Morgan fingerprint density at radius 3 is 1.48 bits per heavy atom. The van der Waals surface area contributed by atoms with Crippen molar-refractivity contribution in [2.75, 3.05) is 0 Å². The minimum atomic E-state index is -1.22. The summed E-state index contributed by atoms with van der Waals surface area (Å²) in [7, 11) is 0. The van der Waals surface area contributed by atoms with Gasteiger partial charge >= 0.3 is 5.97 Å². The lowest BCUT2D eigenvalue weighted by Gasteiger charge is -2.16. The van der Waals surface area contributed by atoms with Crippen LogP contribution in [0.15, 0.2) is 12.2 Å². The highest BCUT2D eigenvalue weighted by Crippen LogP contribution is 2.13. The van der Waals surface area contributed by atoms with Gasteiger partial charge in [0.15, 0.2) is 6.04 Å². The van der Waals surface area contributed by atoms with Crippen LogP contribution in [0.1, 0.15) is 142 Å². The molecule has 0 radical (unpaired) electrons. The number of amides is 1. The van der Waals surface area contributed by atoms with Gasteiger partial charge in [-0.2, -0.15) is 0 Å². The van der Waals surface area contributed by atoms with E-state index in [4.69, 9.17) is 5.11 Å². The number of aliphatic carboxylic acids is 1. The van der Waals surface area contributed by atoms with E-state index in [-0.39, 0.29) is 5.91 Å². The van der Waals surface area contributed by atoms with Crippen LogP contribution >= 0.6 is 0 Å². The summed E-state index contributed by atoms with van der Waals surface area (Å²) in [6, 6.07) is -1.22. The zero-order chi connectivity index (χ0) is 24.6. The van der Waals surface area contributed by atoms with Gasteiger partial charge in [0.25, 0.3) is 0 Å². The quantitative estimate of drug-likeness (QED) is 0.103.